The van der Waals surface area contributed by atoms with E-state index in [-0.39, 0.29) is 18.4 Å². The second-order valence-electron chi connectivity index (χ2n) is 4.20. The summed E-state index contributed by atoms with van der Waals surface area (Å²) in [5, 5.41) is 5.26. The average molecular weight is 234 g/mol. The first kappa shape index (κ1) is 13.2. The van der Waals surface area contributed by atoms with Gasteiger partial charge in [-0.3, -0.25) is 9.59 Å². The van der Waals surface area contributed by atoms with Crippen molar-refractivity contribution >= 4 is 17.5 Å². The molecule has 0 atom stereocenters. The lowest BCUT2D eigenvalue weighted by atomic mass is 10.0. The highest BCUT2D eigenvalue weighted by Gasteiger charge is 2.08. The predicted molar refractivity (Wildman–Crippen MR) is 67.8 cm³/mol. The van der Waals surface area contributed by atoms with Crippen molar-refractivity contribution in [1.82, 2.24) is 5.32 Å². The zero-order chi connectivity index (χ0) is 12.8. The summed E-state index contributed by atoms with van der Waals surface area (Å²) in [6.45, 7) is 5.52. The molecular formula is C13H18N2O2. The Kier molecular flexibility index (Phi) is 4.69. The van der Waals surface area contributed by atoms with Crippen molar-refractivity contribution in [3.05, 3.63) is 29.8 Å². The maximum Gasteiger partial charge on any atom is 0.243 e. The third-order valence-electron chi connectivity index (χ3n) is 2.35. The van der Waals surface area contributed by atoms with Crippen molar-refractivity contribution in [2.75, 3.05) is 11.9 Å². The third kappa shape index (κ3) is 4.26. The molecule has 1 rings (SSSR count). The van der Waals surface area contributed by atoms with Crippen LogP contribution < -0.4 is 10.6 Å². The largest absolute Gasteiger partial charge is 0.347 e. The molecule has 0 saturated carbocycles. The third-order valence-corrected chi connectivity index (χ3v) is 2.35. The van der Waals surface area contributed by atoms with Crippen LogP contribution >= 0.6 is 0 Å². The summed E-state index contributed by atoms with van der Waals surface area (Å²) >= 11 is 0. The molecule has 0 aliphatic rings. The van der Waals surface area contributed by atoms with Crippen LogP contribution in [0.5, 0.6) is 0 Å². The van der Waals surface area contributed by atoms with Gasteiger partial charge in [0.2, 0.25) is 11.8 Å². The standard InChI is InChI=1S/C13H18N2O2/c1-9(2)11-6-4-5-7-12(11)15-13(17)8-14-10(3)16/h4-7,9H,8H2,1-3H3,(H,14,16)(H,15,17). The van der Waals surface area contributed by atoms with Crippen LogP contribution in [-0.2, 0) is 9.59 Å². The van der Waals surface area contributed by atoms with Gasteiger partial charge in [-0.25, -0.2) is 0 Å². The van der Waals surface area contributed by atoms with E-state index in [0.717, 1.165) is 11.3 Å². The number of benzene rings is 1. The van der Waals surface area contributed by atoms with Crippen molar-refractivity contribution in [2.24, 2.45) is 0 Å². The fraction of sp³-hybridized carbons (Fsp3) is 0.385. The van der Waals surface area contributed by atoms with Gasteiger partial charge in [0.1, 0.15) is 0 Å². The highest BCUT2D eigenvalue weighted by molar-refractivity contribution is 5.94. The van der Waals surface area contributed by atoms with Crippen LogP contribution in [0.2, 0.25) is 0 Å². The van der Waals surface area contributed by atoms with Gasteiger partial charge in [0.05, 0.1) is 6.54 Å². The molecule has 0 unspecified atom stereocenters. The Morgan fingerprint density at radius 1 is 1.24 bits per heavy atom. The maximum absolute atomic E-state index is 11.6. The normalized spacial score (nSPS) is 10.1. The molecule has 0 saturated heterocycles. The van der Waals surface area contributed by atoms with Gasteiger partial charge >= 0.3 is 0 Å². The monoisotopic (exact) mass is 234 g/mol. The Hall–Kier alpha value is -1.84. The van der Waals surface area contributed by atoms with E-state index in [9.17, 15) is 9.59 Å². The number of carbonyl (C=O) groups is 2. The molecule has 0 aliphatic carbocycles. The van der Waals surface area contributed by atoms with Gasteiger partial charge in [0.25, 0.3) is 0 Å². The molecule has 0 heterocycles. The lowest BCUT2D eigenvalue weighted by Gasteiger charge is -2.13. The van der Waals surface area contributed by atoms with Crippen LogP contribution in [0.25, 0.3) is 0 Å². The summed E-state index contributed by atoms with van der Waals surface area (Å²) in [6.07, 6.45) is 0. The predicted octanol–water partition coefficient (Wildman–Crippen LogP) is 1.88. The average Bonchev–Trinajstić information content (AvgIpc) is 2.27. The lowest BCUT2D eigenvalue weighted by molar-refractivity contribution is -0.122. The molecular weight excluding hydrogens is 216 g/mol. The van der Waals surface area contributed by atoms with Crippen molar-refractivity contribution in [3.8, 4) is 0 Å². The van der Waals surface area contributed by atoms with E-state index in [4.69, 9.17) is 0 Å². The minimum Gasteiger partial charge on any atom is -0.347 e. The first-order valence-electron chi connectivity index (χ1n) is 5.64. The molecule has 2 N–H and O–H groups in total. The smallest absolute Gasteiger partial charge is 0.243 e. The number of hydrogen-bond acceptors (Lipinski definition) is 2. The number of rotatable bonds is 4. The SMILES string of the molecule is CC(=O)NCC(=O)Nc1ccccc1C(C)C. The van der Waals surface area contributed by atoms with Crippen molar-refractivity contribution in [1.29, 1.82) is 0 Å². The van der Waals surface area contributed by atoms with Gasteiger partial charge < -0.3 is 10.6 Å². The number of nitrogens with one attached hydrogen (secondary N) is 2. The molecule has 0 radical (unpaired) electrons. The van der Waals surface area contributed by atoms with Gasteiger partial charge in [-0.2, -0.15) is 0 Å². The molecule has 92 valence electrons. The number of amides is 2. The second kappa shape index (κ2) is 6.03. The van der Waals surface area contributed by atoms with Crippen LogP contribution in [0.1, 0.15) is 32.3 Å². The van der Waals surface area contributed by atoms with Crippen LogP contribution in [-0.4, -0.2) is 18.4 Å². The molecule has 0 bridgehead atoms. The Labute approximate surface area is 101 Å². The summed E-state index contributed by atoms with van der Waals surface area (Å²) in [4.78, 5) is 22.3. The summed E-state index contributed by atoms with van der Waals surface area (Å²) < 4.78 is 0. The molecule has 0 aromatic heterocycles. The molecule has 0 fully saturated rings. The van der Waals surface area contributed by atoms with Crippen molar-refractivity contribution < 1.29 is 9.59 Å². The van der Waals surface area contributed by atoms with Gasteiger partial charge in [-0.1, -0.05) is 32.0 Å². The minimum absolute atomic E-state index is 0.00175. The van der Waals surface area contributed by atoms with E-state index in [1.54, 1.807) is 0 Å². The molecule has 4 heteroatoms. The highest BCUT2D eigenvalue weighted by Crippen LogP contribution is 2.23. The zero-order valence-corrected chi connectivity index (χ0v) is 10.4. The van der Waals surface area contributed by atoms with Gasteiger partial charge in [-0.15, -0.1) is 0 Å². The highest BCUT2D eigenvalue weighted by atomic mass is 16.2. The minimum atomic E-state index is -0.215. The molecule has 0 aliphatic heterocycles. The maximum atomic E-state index is 11.6. The molecule has 17 heavy (non-hydrogen) atoms. The number of anilines is 1. The van der Waals surface area contributed by atoms with E-state index >= 15 is 0 Å². The number of para-hydroxylation sites is 1. The van der Waals surface area contributed by atoms with Crippen LogP contribution in [0.15, 0.2) is 24.3 Å². The van der Waals surface area contributed by atoms with Gasteiger partial charge in [0, 0.05) is 12.6 Å². The molecule has 1 aromatic carbocycles. The molecule has 2 amide bonds. The van der Waals surface area contributed by atoms with E-state index in [2.05, 4.69) is 24.5 Å². The van der Waals surface area contributed by atoms with Crippen LogP contribution in [0.3, 0.4) is 0 Å². The first-order valence-corrected chi connectivity index (χ1v) is 5.64. The van der Waals surface area contributed by atoms with Crippen LogP contribution in [0, 0.1) is 0 Å². The zero-order valence-electron chi connectivity index (χ0n) is 10.4. The molecule has 4 nitrogen and oxygen atoms in total. The van der Waals surface area contributed by atoms with E-state index < -0.39 is 0 Å². The Bertz CT molecular complexity index is 414. The Morgan fingerprint density at radius 2 is 1.88 bits per heavy atom. The fourth-order valence-electron chi connectivity index (χ4n) is 1.51. The number of carbonyl (C=O) groups excluding carboxylic acids is 2. The Morgan fingerprint density at radius 3 is 2.47 bits per heavy atom. The van der Waals surface area contributed by atoms with Crippen LogP contribution in [0.4, 0.5) is 5.69 Å². The quantitative estimate of drug-likeness (QED) is 0.835. The van der Waals surface area contributed by atoms with Crippen molar-refractivity contribution in [2.45, 2.75) is 26.7 Å². The van der Waals surface area contributed by atoms with Gasteiger partial charge in [-0.05, 0) is 17.5 Å². The fourth-order valence-corrected chi connectivity index (χ4v) is 1.51. The van der Waals surface area contributed by atoms with Gasteiger partial charge in [0.15, 0.2) is 0 Å². The lowest BCUT2D eigenvalue weighted by Crippen LogP contribution is -2.31. The number of hydrogen-bond donors (Lipinski definition) is 2. The topological polar surface area (TPSA) is 58.2 Å². The molecule has 0 spiro atoms. The summed E-state index contributed by atoms with van der Waals surface area (Å²) in [5.74, 6) is -0.0853. The van der Waals surface area contributed by atoms with E-state index in [1.165, 1.54) is 6.92 Å². The summed E-state index contributed by atoms with van der Waals surface area (Å²) in [6, 6.07) is 7.67. The second-order valence-corrected chi connectivity index (χ2v) is 4.20. The Balaban J connectivity index is 2.68. The first-order chi connectivity index (χ1) is 8.00. The molecule has 1 aromatic rings. The summed E-state index contributed by atoms with van der Waals surface area (Å²) in [7, 11) is 0. The van der Waals surface area contributed by atoms with E-state index in [0.29, 0.717) is 5.92 Å². The van der Waals surface area contributed by atoms with E-state index in [1.807, 2.05) is 24.3 Å². The summed E-state index contributed by atoms with van der Waals surface area (Å²) in [5.41, 5.74) is 1.89. The van der Waals surface area contributed by atoms with Crippen molar-refractivity contribution in [3.63, 3.8) is 0 Å².